The number of aromatic amines is 1. The molecule has 0 radical (unpaired) electrons. The van der Waals surface area contributed by atoms with Crippen LogP contribution in [-0.4, -0.2) is 16.1 Å². The monoisotopic (exact) mass is 139 g/mol. The van der Waals surface area contributed by atoms with Crippen LogP contribution >= 0.6 is 0 Å². The van der Waals surface area contributed by atoms with Gasteiger partial charge in [-0.25, -0.2) is 0 Å². The summed E-state index contributed by atoms with van der Waals surface area (Å²) in [6.45, 7) is 1.66. The molecule has 1 unspecified atom stereocenters. The third kappa shape index (κ3) is 1.18. The standard InChI is InChI=1S/C7H9NO2/c1-5(7(9)10)6-2-3-8-4-6/h2-5,8H,1H3,(H,9,10). The molecule has 3 nitrogen and oxygen atoms in total. The summed E-state index contributed by atoms with van der Waals surface area (Å²) in [5.74, 6) is -1.20. The van der Waals surface area contributed by atoms with Crippen LogP contribution < -0.4 is 0 Å². The Labute approximate surface area is 58.7 Å². The van der Waals surface area contributed by atoms with Gasteiger partial charge in [-0.3, -0.25) is 4.79 Å². The second kappa shape index (κ2) is 2.56. The molecule has 0 amide bonds. The van der Waals surface area contributed by atoms with Crippen LogP contribution in [0.15, 0.2) is 18.5 Å². The summed E-state index contributed by atoms with van der Waals surface area (Å²) in [5, 5.41) is 8.54. The molecule has 1 aromatic rings. The number of hydrogen-bond donors (Lipinski definition) is 2. The average Bonchev–Trinajstić information content (AvgIpc) is 2.36. The molecule has 0 aromatic carbocycles. The Morgan fingerprint density at radius 2 is 2.50 bits per heavy atom. The summed E-state index contributed by atoms with van der Waals surface area (Å²) in [6.07, 6.45) is 3.41. The van der Waals surface area contributed by atoms with Gasteiger partial charge in [0.25, 0.3) is 0 Å². The Morgan fingerprint density at radius 3 is 2.90 bits per heavy atom. The third-order valence-corrected chi connectivity index (χ3v) is 1.49. The fourth-order valence-corrected chi connectivity index (χ4v) is 0.749. The average molecular weight is 139 g/mol. The van der Waals surface area contributed by atoms with Crippen LogP contribution in [0.4, 0.5) is 0 Å². The summed E-state index contributed by atoms with van der Waals surface area (Å²) in [4.78, 5) is 13.2. The molecule has 10 heavy (non-hydrogen) atoms. The van der Waals surface area contributed by atoms with Crippen molar-refractivity contribution in [3.05, 3.63) is 24.0 Å². The largest absolute Gasteiger partial charge is 0.481 e. The molecular weight excluding hydrogens is 130 g/mol. The smallest absolute Gasteiger partial charge is 0.310 e. The van der Waals surface area contributed by atoms with Gasteiger partial charge in [-0.05, 0) is 18.6 Å². The van der Waals surface area contributed by atoms with Crippen molar-refractivity contribution in [2.45, 2.75) is 12.8 Å². The summed E-state index contributed by atoms with van der Waals surface area (Å²) < 4.78 is 0. The van der Waals surface area contributed by atoms with E-state index in [0.29, 0.717) is 0 Å². The van der Waals surface area contributed by atoms with Gasteiger partial charge in [0, 0.05) is 12.4 Å². The van der Waals surface area contributed by atoms with E-state index in [2.05, 4.69) is 4.98 Å². The van der Waals surface area contributed by atoms with E-state index < -0.39 is 11.9 Å². The van der Waals surface area contributed by atoms with E-state index in [0.717, 1.165) is 5.56 Å². The Bertz CT molecular complexity index is 216. The molecule has 0 aliphatic heterocycles. The van der Waals surface area contributed by atoms with Crippen molar-refractivity contribution in [3.8, 4) is 0 Å². The van der Waals surface area contributed by atoms with E-state index in [1.807, 2.05) is 0 Å². The van der Waals surface area contributed by atoms with E-state index in [1.165, 1.54) is 0 Å². The summed E-state index contributed by atoms with van der Waals surface area (Å²) >= 11 is 0. The van der Waals surface area contributed by atoms with Gasteiger partial charge in [0.15, 0.2) is 0 Å². The van der Waals surface area contributed by atoms with Gasteiger partial charge >= 0.3 is 5.97 Å². The fraction of sp³-hybridized carbons (Fsp3) is 0.286. The molecule has 0 aliphatic rings. The van der Waals surface area contributed by atoms with E-state index >= 15 is 0 Å². The van der Waals surface area contributed by atoms with E-state index in [9.17, 15) is 4.79 Å². The van der Waals surface area contributed by atoms with Crippen LogP contribution in [0.3, 0.4) is 0 Å². The van der Waals surface area contributed by atoms with Crippen molar-refractivity contribution in [2.75, 3.05) is 0 Å². The van der Waals surface area contributed by atoms with Gasteiger partial charge in [0.2, 0.25) is 0 Å². The van der Waals surface area contributed by atoms with Gasteiger partial charge in [0.1, 0.15) is 0 Å². The van der Waals surface area contributed by atoms with Crippen molar-refractivity contribution >= 4 is 5.97 Å². The van der Waals surface area contributed by atoms with E-state index in [1.54, 1.807) is 25.4 Å². The normalized spacial score (nSPS) is 12.9. The van der Waals surface area contributed by atoms with E-state index in [4.69, 9.17) is 5.11 Å². The zero-order valence-electron chi connectivity index (χ0n) is 5.66. The highest BCUT2D eigenvalue weighted by Gasteiger charge is 2.12. The highest BCUT2D eigenvalue weighted by atomic mass is 16.4. The van der Waals surface area contributed by atoms with Gasteiger partial charge in [-0.15, -0.1) is 0 Å². The summed E-state index contributed by atoms with van der Waals surface area (Å²) in [7, 11) is 0. The zero-order valence-corrected chi connectivity index (χ0v) is 5.66. The predicted molar refractivity (Wildman–Crippen MR) is 36.8 cm³/mol. The molecular formula is C7H9NO2. The Balaban J connectivity index is 2.77. The van der Waals surface area contributed by atoms with Crippen molar-refractivity contribution in [1.82, 2.24) is 4.98 Å². The molecule has 0 spiro atoms. The number of hydrogen-bond acceptors (Lipinski definition) is 1. The van der Waals surface area contributed by atoms with Crippen molar-refractivity contribution < 1.29 is 9.90 Å². The second-order valence-corrected chi connectivity index (χ2v) is 2.20. The molecule has 0 saturated heterocycles. The van der Waals surface area contributed by atoms with Crippen LogP contribution in [-0.2, 0) is 4.79 Å². The second-order valence-electron chi connectivity index (χ2n) is 2.20. The topological polar surface area (TPSA) is 53.1 Å². The van der Waals surface area contributed by atoms with Gasteiger partial charge in [-0.1, -0.05) is 0 Å². The van der Waals surface area contributed by atoms with Crippen molar-refractivity contribution in [3.63, 3.8) is 0 Å². The van der Waals surface area contributed by atoms with Crippen LogP contribution in [0.5, 0.6) is 0 Å². The quantitative estimate of drug-likeness (QED) is 0.646. The lowest BCUT2D eigenvalue weighted by Gasteiger charge is -2.00. The van der Waals surface area contributed by atoms with Gasteiger partial charge in [0.05, 0.1) is 5.92 Å². The number of carbonyl (C=O) groups is 1. The number of carboxylic acid groups (broad SMARTS) is 1. The lowest BCUT2D eigenvalue weighted by Crippen LogP contribution is -2.05. The lowest BCUT2D eigenvalue weighted by atomic mass is 10.1. The van der Waals surface area contributed by atoms with Crippen LogP contribution in [0.2, 0.25) is 0 Å². The highest BCUT2D eigenvalue weighted by molar-refractivity contribution is 5.75. The summed E-state index contributed by atoms with van der Waals surface area (Å²) in [5.41, 5.74) is 0.813. The predicted octanol–water partition coefficient (Wildman–Crippen LogP) is 1.20. The molecule has 0 fully saturated rings. The molecule has 1 atom stereocenters. The minimum absolute atomic E-state index is 0.411. The van der Waals surface area contributed by atoms with Crippen molar-refractivity contribution in [2.24, 2.45) is 0 Å². The van der Waals surface area contributed by atoms with Crippen LogP contribution in [0.25, 0.3) is 0 Å². The number of carboxylic acids is 1. The molecule has 0 bridgehead atoms. The fourth-order valence-electron chi connectivity index (χ4n) is 0.749. The number of aliphatic carboxylic acids is 1. The molecule has 3 heteroatoms. The zero-order chi connectivity index (χ0) is 7.56. The molecule has 1 heterocycles. The van der Waals surface area contributed by atoms with Crippen LogP contribution in [0.1, 0.15) is 18.4 Å². The summed E-state index contributed by atoms with van der Waals surface area (Å²) in [6, 6.07) is 1.76. The lowest BCUT2D eigenvalue weighted by molar-refractivity contribution is -0.138. The first-order chi connectivity index (χ1) is 4.72. The number of rotatable bonds is 2. The van der Waals surface area contributed by atoms with Gasteiger partial charge < -0.3 is 10.1 Å². The molecule has 54 valence electrons. The number of nitrogens with one attached hydrogen (secondary N) is 1. The first kappa shape index (κ1) is 6.86. The highest BCUT2D eigenvalue weighted by Crippen LogP contribution is 2.12. The Morgan fingerprint density at radius 1 is 1.80 bits per heavy atom. The molecule has 2 N–H and O–H groups in total. The SMILES string of the molecule is CC(C(=O)O)c1cc[nH]c1. The molecule has 1 aromatic heterocycles. The maximum atomic E-state index is 10.4. The van der Waals surface area contributed by atoms with E-state index in [-0.39, 0.29) is 0 Å². The third-order valence-electron chi connectivity index (χ3n) is 1.49. The van der Waals surface area contributed by atoms with Crippen LogP contribution in [0, 0.1) is 0 Å². The minimum atomic E-state index is -0.792. The number of H-pyrrole nitrogens is 1. The first-order valence-electron chi connectivity index (χ1n) is 3.07. The first-order valence-corrected chi connectivity index (χ1v) is 3.07. The minimum Gasteiger partial charge on any atom is -0.481 e. The Hall–Kier alpha value is -1.25. The maximum Gasteiger partial charge on any atom is 0.310 e. The van der Waals surface area contributed by atoms with Crippen molar-refractivity contribution in [1.29, 1.82) is 0 Å². The molecule has 1 rings (SSSR count). The molecule has 0 saturated carbocycles. The Kier molecular flexibility index (Phi) is 1.76. The number of aromatic nitrogens is 1. The van der Waals surface area contributed by atoms with Gasteiger partial charge in [-0.2, -0.15) is 0 Å². The molecule has 0 aliphatic carbocycles. The maximum absolute atomic E-state index is 10.4.